The molecule has 0 saturated carbocycles. The maximum atomic E-state index is 5.68. The van der Waals surface area contributed by atoms with Crippen molar-refractivity contribution in [1.82, 2.24) is 5.48 Å². The van der Waals surface area contributed by atoms with Gasteiger partial charge in [-0.1, -0.05) is 24.3 Å². The van der Waals surface area contributed by atoms with E-state index in [1.807, 2.05) is 48.6 Å². The third-order valence-electron chi connectivity index (χ3n) is 3.68. The molecule has 0 saturated heterocycles. The Morgan fingerprint density at radius 3 is 1.88 bits per heavy atom. The Morgan fingerprint density at radius 2 is 1.35 bits per heavy atom. The second-order valence-electron chi connectivity index (χ2n) is 5.49. The summed E-state index contributed by atoms with van der Waals surface area (Å²) in [6.07, 6.45) is 5.24. The molecule has 1 N–H and O–H groups in total. The van der Waals surface area contributed by atoms with Gasteiger partial charge in [0, 0.05) is 0 Å². The van der Waals surface area contributed by atoms with Crippen LogP contribution in [0.25, 0.3) is 0 Å². The van der Waals surface area contributed by atoms with Gasteiger partial charge in [0.15, 0.2) is 29.7 Å². The first kappa shape index (κ1) is 19.4. The Bertz CT molecular complexity index is 679. The van der Waals surface area contributed by atoms with E-state index >= 15 is 0 Å². The minimum Gasteiger partial charge on any atom is -0.493 e. The molecule has 0 aromatic heterocycles. The van der Waals surface area contributed by atoms with E-state index in [1.165, 1.54) is 0 Å². The normalized spacial score (nSPS) is 10.1. The predicted molar refractivity (Wildman–Crippen MR) is 103 cm³/mol. The van der Waals surface area contributed by atoms with E-state index in [0.29, 0.717) is 23.0 Å². The van der Waals surface area contributed by atoms with Gasteiger partial charge in [-0.2, -0.15) is 0 Å². The van der Waals surface area contributed by atoms with Crippen molar-refractivity contribution in [3.63, 3.8) is 0 Å². The number of methoxy groups -OCH3 is 2. The monoisotopic (exact) mass is 355 g/mol. The van der Waals surface area contributed by atoms with Crippen LogP contribution in [-0.2, 0) is 12.8 Å². The molecule has 2 rings (SSSR count). The summed E-state index contributed by atoms with van der Waals surface area (Å²) in [5.41, 5.74) is 4.98. The molecule has 0 unspecified atom stereocenters. The SMILES string of the molecule is C=CCc1ccc(OCNOc2ccc(CC=C)cc2OC)c(OC)c1. The highest BCUT2D eigenvalue weighted by Crippen LogP contribution is 2.29. The first-order valence-corrected chi connectivity index (χ1v) is 8.30. The molecule has 0 bridgehead atoms. The lowest BCUT2D eigenvalue weighted by Crippen LogP contribution is -2.24. The van der Waals surface area contributed by atoms with Crippen LogP contribution in [0.2, 0.25) is 0 Å². The standard InChI is InChI=1S/C21H25NO4/c1-5-7-16-9-11-18(20(13-16)23-3)25-15-22-26-19-12-10-17(8-6-2)14-21(19)24-4/h5-6,9-14,22H,1-2,7-8,15H2,3-4H3. The maximum absolute atomic E-state index is 5.68. The van der Waals surface area contributed by atoms with E-state index in [-0.39, 0.29) is 6.73 Å². The molecule has 0 amide bonds. The molecule has 26 heavy (non-hydrogen) atoms. The molecule has 0 aliphatic rings. The van der Waals surface area contributed by atoms with Crippen LogP contribution in [0.1, 0.15) is 11.1 Å². The van der Waals surface area contributed by atoms with Crippen molar-refractivity contribution in [2.75, 3.05) is 21.0 Å². The Morgan fingerprint density at radius 1 is 0.808 bits per heavy atom. The van der Waals surface area contributed by atoms with Gasteiger partial charge in [0.2, 0.25) is 0 Å². The molecular weight excluding hydrogens is 330 g/mol. The summed E-state index contributed by atoms with van der Waals surface area (Å²) in [6, 6.07) is 11.5. The summed E-state index contributed by atoms with van der Waals surface area (Å²) in [7, 11) is 3.21. The summed E-state index contributed by atoms with van der Waals surface area (Å²) >= 11 is 0. The zero-order valence-electron chi connectivity index (χ0n) is 15.3. The van der Waals surface area contributed by atoms with Crippen LogP contribution in [0.3, 0.4) is 0 Å². The van der Waals surface area contributed by atoms with Crippen molar-refractivity contribution >= 4 is 0 Å². The molecule has 0 atom stereocenters. The summed E-state index contributed by atoms with van der Waals surface area (Å²) in [5, 5.41) is 0. The van der Waals surface area contributed by atoms with Crippen molar-refractivity contribution in [3.05, 3.63) is 72.8 Å². The minimum atomic E-state index is 0.148. The number of nitrogens with one attached hydrogen (secondary N) is 1. The first-order valence-electron chi connectivity index (χ1n) is 8.30. The molecule has 0 radical (unpaired) electrons. The second kappa shape index (κ2) is 10.2. The lowest BCUT2D eigenvalue weighted by atomic mass is 10.1. The molecule has 138 valence electrons. The van der Waals surface area contributed by atoms with Crippen molar-refractivity contribution in [2.24, 2.45) is 0 Å². The van der Waals surface area contributed by atoms with Gasteiger partial charge < -0.3 is 19.0 Å². The van der Waals surface area contributed by atoms with Crippen LogP contribution in [-0.4, -0.2) is 21.0 Å². The highest BCUT2D eigenvalue weighted by Gasteiger charge is 2.08. The summed E-state index contributed by atoms with van der Waals surface area (Å²) in [4.78, 5) is 5.54. The van der Waals surface area contributed by atoms with Crippen molar-refractivity contribution in [2.45, 2.75) is 12.8 Å². The van der Waals surface area contributed by atoms with Crippen LogP contribution in [0.5, 0.6) is 23.0 Å². The molecule has 0 heterocycles. The van der Waals surface area contributed by atoms with Crippen molar-refractivity contribution in [3.8, 4) is 23.0 Å². The van der Waals surface area contributed by atoms with Gasteiger partial charge in [-0.3, -0.25) is 0 Å². The van der Waals surface area contributed by atoms with Gasteiger partial charge in [0.05, 0.1) is 14.2 Å². The fraction of sp³-hybridized carbons (Fsp3) is 0.238. The van der Waals surface area contributed by atoms with Crippen molar-refractivity contribution < 1.29 is 19.0 Å². The maximum Gasteiger partial charge on any atom is 0.189 e. The number of hydrogen-bond acceptors (Lipinski definition) is 5. The molecule has 5 heteroatoms. The van der Waals surface area contributed by atoms with Crippen LogP contribution in [0, 0.1) is 0 Å². The zero-order valence-corrected chi connectivity index (χ0v) is 15.3. The summed E-state index contributed by atoms with van der Waals surface area (Å²) in [5.74, 6) is 2.52. The Kier molecular flexibility index (Phi) is 7.58. The smallest absolute Gasteiger partial charge is 0.189 e. The van der Waals surface area contributed by atoms with E-state index in [4.69, 9.17) is 19.0 Å². The highest BCUT2D eigenvalue weighted by atomic mass is 16.7. The number of hydroxylamine groups is 1. The summed E-state index contributed by atoms with van der Waals surface area (Å²) in [6.45, 7) is 7.62. The van der Waals surface area contributed by atoms with Crippen LogP contribution >= 0.6 is 0 Å². The van der Waals surface area contributed by atoms with Gasteiger partial charge >= 0.3 is 0 Å². The molecule has 2 aromatic rings. The molecule has 0 fully saturated rings. The minimum absolute atomic E-state index is 0.148. The Labute approximate surface area is 154 Å². The van der Waals surface area contributed by atoms with E-state index in [2.05, 4.69) is 18.6 Å². The first-order chi connectivity index (χ1) is 12.7. The average molecular weight is 355 g/mol. The summed E-state index contributed by atoms with van der Waals surface area (Å²) < 4.78 is 16.4. The largest absolute Gasteiger partial charge is 0.493 e. The van der Waals surface area contributed by atoms with Crippen LogP contribution < -0.4 is 24.5 Å². The number of benzene rings is 2. The quantitative estimate of drug-likeness (QED) is 0.285. The lowest BCUT2D eigenvalue weighted by Gasteiger charge is -2.14. The number of ether oxygens (including phenoxy) is 3. The fourth-order valence-electron chi connectivity index (χ4n) is 2.43. The topological polar surface area (TPSA) is 49.0 Å². The third-order valence-corrected chi connectivity index (χ3v) is 3.68. The van der Waals surface area contributed by atoms with E-state index < -0.39 is 0 Å². The zero-order chi connectivity index (χ0) is 18.8. The van der Waals surface area contributed by atoms with Crippen molar-refractivity contribution in [1.29, 1.82) is 0 Å². The van der Waals surface area contributed by atoms with Crippen LogP contribution in [0.15, 0.2) is 61.7 Å². The van der Waals surface area contributed by atoms with E-state index in [1.54, 1.807) is 14.2 Å². The predicted octanol–water partition coefficient (Wildman–Crippen LogP) is 4.08. The van der Waals surface area contributed by atoms with E-state index in [0.717, 1.165) is 24.0 Å². The lowest BCUT2D eigenvalue weighted by molar-refractivity contribution is 0.109. The van der Waals surface area contributed by atoms with Gasteiger partial charge in [-0.15, -0.1) is 18.6 Å². The molecule has 0 aliphatic carbocycles. The van der Waals surface area contributed by atoms with Gasteiger partial charge in [0.25, 0.3) is 0 Å². The number of rotatable bonds is 11. The molecule has 0 spiro atoms. The Balaban J connectivity index is 1.92. The fourth-order valence-corrected chi connectivity index (χ4v) is 2.43. The second-order valence-corrected chi connectivity index (χ2v) is 5.49. The van der Waals surface area contributed by atoms with Gasteiger partial charge in [-0.05, 0) is 48.2 Å². The third kappa shape index (κ3) is 5.29. The Hall–Kier alpha value is -2.92. The molecule has 0 aliphatic heterocycles. The highest BCUT2D eigenvalue weighted by molar-refractivity contribution is 5.44. The molecule has 5 nitrogen and oxygen atoms in total. The molecular formula is C21H25NO4. The van der Waals surface area contributed by atoms with Gasteiger partial charge in [0.1, 0.15) is 0 Å². The molecule has 2 aromatic carbocycles. The number of hydrogen-bond donors (Lipinski definition) is 1. The van der Waals surface area contributed by atoms with Crippen LogP contribution in [0.4, 0.5) is 0 Å². The van der Waals surface area contributed by atoms with E-state index in [9.17, 15) is 0 Å². The van der Waals surface area contributed by atoms with Gasteiger partial charge in [-0.25, -0.2) is 0 Å². The average Bonchev–Trinajstić information content (AvgIpc) is 2.67. The number of allylic oxidation sites excluding steroid dienone is 2.